The maximum atomic E-state index is 11.8. The van der Waals surface area contributed by atoms with Crippen LogP contribution in [0.3, 0.4) is 0 Å². The number of halogens is 3. The van der Waals surface area contributed by atoms with Gasteiger partial charge in [-0.05, 0) is 18.1 Å². The Labute approximate surface area is 90.7 Å². The van der Waals surface area contributed by atoms with Gasteiger partial charge in [-0.3, -0.25) is 9.78 Å². The molecule has 3 nitrogen and oxygen atoms in total. The standard InChI is InChI=1S/C10H11F3N2O/c11-10(12,13)7-15-9(16)4-3-8-2-1-5-14-6-8/h1-2,5-6H,3-4,7H2,(H,15,16). The summed E-state index contributed by atoms with van der Waals surface area (Å²) in [6.07, 6.45) is -0.770. The number of nitrogens with one attached hydrogen (secondary N) is 1. The zero-order chi connectivity index (χ0) is 12.0. The molecule has 0 saturated carbocycles. The summed E-state index contributed by atoms with van der Waals surface area (Å²) in [6.45, 7) is -1.28. The third-order valence-corrected chi connectivity index (χ3v) is 1.85. The first-order valence-corrected chi connectivity index (χ1v) is 4.70. The average Bonchev–Trinajstić information content (AvgIpc) is 2.24. The van der Waals surface area contributed by atoms with Crippen molar-refractivity contribution in [1.29, 1.82) is 0 Å². The van der Waals surface area contributed by atoms with Crippen molar-refractivity contribution in [2.24, 2.45) is 0 Å². The minimum absolute atomic E-state index is 0.0295. The van der Waals surface area contributed by atoms with Crippen molar-refractivity contribution in [1.82, 2.24) is 10.3 Å². The first kappa shape index (κ1) is 12.5. The van der Waals surface area contributed by atoms with E-state index in [1.165, 1.54) is 0 Å². The quantitative estimate of drug-likeness (QED) is 0.858. The highest BCUT2D eigenvalue weighted by Gasteiger charge is 2.27. The van der Waals surface area contributed by atoms with Gasteiger partial charge in [-0.2, -0.15) is 13.2 Å². The molecule has 0 fully saturated rings. The van der Waals surface area contributed by atoms with Gasteiger partial charge in [0.2, 0.25) is 5.91 Å². The number of nitrogens with zero attached hydrogens (tertiary/aromatic N) is 1. The van der Waals surface area contributed by atoms with Gasteiger partial charge in [0.15, 0.2) is 0 Å². The molecule has 0 aromatic carbocycles. The Kier molecular flexibility index (Phi) is 4.28. The molecule has 88 valence electrons. The number of rotatable bonds is 4. The fourth-order valence-electron chi connectivity index (χ4n) is 1.09. The van der Waals surface area contributed by atoms with Crippen molar-refractivity contribution in [2.75, 3.05) is 6.54 Å². The van der Waals surface area contributed by atoms with Crippen LogP contribution in [0.2, 0.25) is 0 Å². The molecule has 0 unspecified atom stereocenters. The van der Waals surface area contributed by atoms with E-state index in [2.05, 4.69) is 4.98 Å². The summed E-state index contributed by atoms with van der Waals surface area (Å²) in [5.41, 5.74) is 0.824. The van der Waals surface area contributed by atoms with E-state index in [1.807, 2.05) is 5.32 Å². The first-order valence-electron chi connectivity index (χ1n) is 4.70. The van der Waals surface area contributed by atoms with Crippen LogP contribution in [0.4, 0.5) is 13.2 Å². The van der Waals surface area contributed by atoms with Crippen LogP contribution < -0.4 is 5.32 Å². The van der Waals surface area contributed by atoms with Gasteiger partial charge in [0.05, 0.1) is 0 Å². The van der Waals surface area contributed by atoms with Gasteiger partial charge in [0, 0.05) is 18.8 Å². The van der Waals surface area contributed by atoms with Crippen LogP contribution in [0.25, 0.3) is 0 Å². The summed E-state index contributed by atoms with van der Waals surface area (Å²) < 4.78 is 35.3. The molecule has 16 heavy (non-hydrogen) atoms. The Bertz CT molecular complexity index is 338. The molecule has 0 aliphatic heterocycles. The van der Waals surface area contributed by atoms with E-state index < -0.39 is 18.6 Å². The largest absolute Gasteiger partial charge is 0.405 e. The van der Waals surface area contributed by atoms with E-state index in [-0.39, 0.29) is 6.42 Å². The zero-order valence-electron chi connectivity index (χ0n) is 8.42. The van der Waals surface area contributed by atoms with Crippen LogP contribution in [0.15, 0.2) is 24.5 Å². The van der Waals surface area contributed by atoms with Crippen LogP contribution in [0, 0.1) is 0 Å². The van der Waals surface area contributed by atoms with Gasteiger partial charge in [0.1, 0.15) is 6.54 Å². The fraction of sp³-hybridized carbons (Fsp3) is 0.400. The third kappa shape index (κ3) is 5.33. The molecule has 0 bridgehead atoms. The molecule has 0 aliphatic carbocycles. The predicted octanol–water partition coefficient (Wildman–Crippen LogP) is 1.69. The molecule has 0 aliphatic rings. The predicted molar refractivity (Wildman–Crippen MR) is 51.6 cm³/mol. The lowest BCUT2D eigenvalue weighted by Gasteiger charge is -2.07. The second-order valence-corrected chi connectivity index (χ2v) is 3.25. The third-order valence-electron chi connectivity index (χ3n) is 1.85. The molecular weight excluding hydrogens is 221 g/mol. The number of pyridine rings is 1. The molecule has 1 amide bonds. The second-order valence-electron chi connectivity index (χ2n) is 3.25. The lowest BCUT2D eigenvalue weighted by atomic mass is 10.1. The summed E-state index contributed by atoms with van der Waals surface area (Å²) in [7, 11) is 0. The number of aryl methyl sites for hydroxylation is 1. The van der Waals surface area contributed by atoms with E-state index in [9.17, 15) is 18.0 Å². The minimum atomic E-state index is -4.36. The molecule has 1 N–H and O–H groups in total. The molecule has 0 saturated heterocycles. The maximum absolute atomic E-state index is 11.8. The first-order chi connectivity index (χ1) is 7.47. The van der Waals surface area contributed by atoms with Gasteiger partial charge >= 0.3 is 6.18 Å². The highest BCUT2D eigenvalue weighted by Crippen LogP contribution is 2.12. The summed E-state index contributed by atoms with van der Waals surface area (Å²) in [6, 6.07) is 3.48. The number of hydrogen-bond acceptors (Lipinski definition) is 2. The summed E-state index contributed by atoms with van der Waals surface area (Å²) in [5.74, 6) is -0.610. The highest BCUT2D eigenvalue weighted by atomic mass is 19.4. The monoisotopic (exact) mass is 232 g/mol. The number of carbonyl (C=O) groups is 1. The zero-order valence-corrected chi connectivity index (χ0v) is 8.42. The van der Waals surface area contributed by atoms with Crippen LogP contribution in [-0.4, -0.2) is 23.6 Å². The van der Waals surface area contributed by atoms with Crippen molar-refractivity contribution < 1.29 is 18.0 Å². The Morgan fingerprint density at radius 2 is 2.19 bits per heavy atom. The number of aromatic nitrogens is 1. The van der Waals surface area contributed by atoms with E-state index in [4.69, 9.17) is 0 Å². The smallest absolute Gasteiger partial charge is 0.347 e. The van der Waals surface area contributed by atoms with Crippen molar-refractivity contribution in [3.63, 3.8) is 0 Å². The molecule has 1 aromatic rings. The Morgan fingerprint density at radius 1 is 1.44 bits per heavy atom. The maximum Gasteiger partial charge on any atom is 0.405 e. The fourth-order valence-corrected chi connectivity index (χ4v) is 1.09. The second kappa shape index (κ2) is 5.48. The van der Waals surface area contributed by atoms with E-state index >= 15 is 0 Å². The van der Waals surface area contributed by atoms with Crippen LogP contribution in [-0.2, 0) is 11.2 Å². The normalized spacial score (nSPS) is 11.2. The molecule has 6 heteroatoms. The lowest BCUT2D eigenvalue weighted by Crippen LogP contribution is -2.33. The van der Waals surface area contributed by atoms with Gasteiger partial charge in [-0.15, -0.1) is 0 Å². The van der Waals surface area contributed by atoms with Gasteiger partial charge in [0.25, 0.3) is 0 Å². The van der Waals surface area contributed by atoms with Crippen molar-refractivity contribution in [2.45, 2.75) is 19.0 Å². The van der Waals surface area contributed by atoms with Crippen molar-refractivity contribution in [3.05, 3.63) is 30.1 Å². The molecule has 1 aromatic heterocycles. The number of alkyl halides is 3. The lowest BCUT2D eigenvalue weighted by molar-refractivity contribution is -0.138. The van der Waals surface area contributed by atoms with Crippen molar-refractivity contribution in [3.8, 4) is 0 Å². The number of amides is 1. The molecule has 1 heterocycles. The summed E-state index contributed by atoms with van der Waals surface area (Å²) in [5, 5.41) is 1.81. The SMILES string of the molecule is O=C(CCc1cccnc1)NCC(F)(F)F. The Hall–Kier alpha value is -1.59. The van der Waals surface area contributed by atoms with Gasteiger partial charge in [-0.25, -0.2) is 0 Å². The van der Waals surface area contributed by atoms with Crippen LogP contribution in [0.1, 0.15) is 12.0 Å². The number of hydrogen-bond donors (Lipinski definition) is 1. The highest BCUT2D eigenvalue weighted by molar-refractivity contribution is 5.76. The average molecular weight is 232 g/mol. The summed E-state index contributed by atoms with van der Waals surface area (Å²) in [4.78, 5) is 14.9. The van der Waals surface area contributed by atoms with Crippen LogP contribution in [0.5, 0.6) is 0 Å². The van der Waals surface area contributed by atoms with E-state index in [0.29, 0.717) is 6.42 Å². The topological polar surface area (TPSA) is 42.0 Å². The molecule has 0 spiro atoms. The van der Waals surface area contributed by atoms with E-state index in [0.717, 1.165) is 5.56 Å². The Morgan fingerprint density at radius 3 is 2.75 bits per heavy atom. The minimum Gasteiger partial charge on any atom is -0.347 e. The van der Waals surface area contributed by atoms with Gasteiger partial charge in [-0.1, -0.05) is 6.07 Å². The molecule has 0 atom stereocenters. The van der Waals surface area contributed by atoms with Crippen LogP contribution >= 0.6 is 0 Å². The Balaban J connectivity index is 2.26. The van der Waals surface area contributed by atoms with E-state index in [1.54, 1.807) is 24.5 Å². The van der Waals surface area contributed by atoms with Gasteiger partial charge < -0.3 is 5.32 Å². The summed E-state index contributed by atoms with van der Waals surface area (Å²) >= 11 is 0. The van der Waals surface area contributed by atoms with Crippen molar-refractivity contribution >= 4 is 5.91 Å². The molecule has 0 radical (unpaired) electrons. The number of carbonyl (C=O) groups excluding carboxylic acids is 1. The molecule has 1 rings (SSSR count). The molecular formula is C10H11F3N2O.